The van der Waals surface area contributed by atoms with Crippen LogP contribution in [0.5, 0.6) is 0 Å². The van der Waals surface area contributed by atoms with Crippen molar-refractivity contribution in [3.63, 3.8) is 0 Å². The average Bonchev–Trinajstić information content (AvgIpc) is 2.99. The van der Waals surface area contributed by atoms with Crippen molar-refractivity contribution in [3.05, 3.63) is 60.4 Å². The molecule has 3 aromatic heterocycles. The van der Waals surface area contributed by atoms with Gasteiger partial charge in [0.25, 0.3) is 0 Å². The number of nitrogens with zero attached hydrogens (tertiary/aromatic N) is 4. The Balaban J connectivity index is 1.98. The minimum absolute atomic E-state index is 0.0822. The van der Waals surface area contributed by atoms with Crippen LogP contribution in [0.15, 0.2) is 54.9 Å². The van der Waals surface area contributed by atoms with Gasteiger partial charge in [0, 0.05) is 11.9 Å². The van der Waals surface area contributed by atoms with Gasteiger partial charge >= 0.3 is 0 Å². The number of imidazole rings is 1. The van der Waals surface area contributed by atoms with E-state index in [2.05, 4.69) is 55.0 Å². The van der Waals surface area contributed by atoms with Crippen LogP contribution < -0.4 is 11.5 Å². The number of rotatable bonds is 2. The first-order valence-electron chi connectivity index (χ1n) is 8.80. The topological polar surface area (TPSA) is 95.6 Å². The zero-order valence-electron chi connectivity index (χ0n) is 15.6. The predicted octanol–water partition coefficient (Wildman–Crippen LogP) is 3.94. The fourth-order valence-electron chi connectivity index (χ4n) is 3.12. The Kier molecular flexibility index (Phi) is 3.84. The molecule has 6 heteroatoms. The molecule has 0 fully saturated rings. The van der Waals surface area contributed by atoms with Crippen LogP contribution in [-0.2, 0) is 5.41 Å². The smallest absolute Gasteiger partial charge is 0.165 e. The van der Waals surface area contributed by atoms with E-state index in [0.717, 1.165) is 16.9 Å². The third-order valence-electron chi connectivity index (χ3n) is 4.59. The fraction of sp³-hybridized carbons (Fsp3) is 0.190. The second kappa shape index (κ2) is 6.09. The first kappa shape index (κ1) is 17.0. The first-order chi connectivity index (χ1) is 12.8. The molecule has 0 aliphatic heterocycles. The second-order valence-electron chi connectivity index (χ2n) is 7.62. The summed E-state index contributed by atoms with van der Waals surface area (Å²) in [7, 11) is 0. The molecule has 4 aromatic rings. The van der Waals surface area contributed by atoms with Gasteiger partial charge in [-0.25, -0.2) is 15.0 Å². The minimum atomic E-state index is 0.0822. The summed E-state index contributed by atoms with van der Waals surface area (Å²) < 4.78 is 1.99. The van der Waals surface area contributed by atoms with E-state index in [4.69, 9.17) is 16.5 Å². The quantitative estimate of drug-likeness (QED) is 0.566. The summed E-state index contributed by atoms with van der Waals surface area (Å²) in [5.41, 5.74) is 17.1. The number of hydrogen-bond donors (Lipinski definition) is 2. The van der Waals surface area contributed by atoms with Crippen LogP contribution in [0.1, 0.15) is 26.3 Å². The molecule has 1 aromatic carbocycles. The monoisotopic (exact) mass is 358 g/mol. The molecule has 0 radical (unpaired) electrons. The molecule has 0 amide bonds. The molecule has 0 aliphatic carbocycles. The maximum Gasteiger partial charge on any atom is 0.165 e. The summed E-state index contributed by atoms with van der Waals surface area (Å²) in [5, 5.41) is 0. The minimum Gasteiger partial charge on any atom is -0.397 e. The standard InChI is InChI=1S/C21H22N6/c1-21(2,3)13-6-8-15(9-7-13)27-19(16-5-4-10-24-18(16)23)26-17-11-14(22)12-25-20(17)27/h4-12H,22H2,1-3H3,(H2,23,24). The van der Waals surface area contributed by atoms with E-state index in [-0.39, 0.29) is 5.41 Å². The summed E-state index contributed by atoms with van der Waals surface area (Å²) in [6.07, 6.45) is 3.31. The first-order valence-corrected chi connectivity index (χ1v) is 8.80. The third-order valence-corrected chi connectivity index (χ3v) is 4.59. The van der Waals surface area contributed by atoms with Crippen molar-refractivity contribution >= 4 is 22.7 Å². The van der Waals surface area contributed by atoms with Gasteiger partial charge < -0.3 is 11.5 Å². The Morgan fingerprint density at radius 1 is 0.963 bits per heavy atom. The molecule has 0 bridgehead atoms. The molecule has 4 N–H and O–H groups in total. The number of hydrogen-bond acceptors (Lipinski definition) is 5. The molecular formula is C21H22N6. The van der Waals surface area contributed by atoms with Crippen molar-refractivity contribution in [3.8, 4) is 17.1 Å². The second-order valence-corrected chi connectivity index (χ2v) is 7.62. The van der Waals surface area contributed by atoms with Crippen LogP contribution >= 0.6 is 0 Å². The van der Waals surface area contributed by atoms with Crippen molar-refractivity contribution in [2.75, 3.05) is 11.5 Å². The zero-order chi connectivity index (χ0) is 19.2. The SMILES string of the molecule is CC(C)(C)c1ccc(-n2c(-c3cccnc3N)nc3cc(N)cnc32)cc1. The molecule has 0 atom stereocenters. The van der Waals surface area contributed by atoms with Crippen molar-refractivity contribution in [1.29, 1.82) is 0 Å². The van der Waals surface area contributed by atoms with Gasteiger partial charge in [0.15, 0.2) is 11.5 Å². The van der Waals surface area contributed by atoms with Gasteiger partial charge in [0.2, 0.25) is 0 Å². The maximum atomic E-state index is 6.12. The lowest BCUT2D eigenvalue weighted by Gasteiger charge is -2.19. The Hall–Kier alpha value is -3.41. The highest BCUT2D eigenvalue weighted by Crippen LogP contribution is 2.31. The van der Waals surface area contributed by atoms with E-state index in [9.17, 15) is 0 Å². The van der Waals surface area contributed by atoms with Gasteiger partial charge in [0.05, 0.1) is 17.4 Å². The highest BCUT2D eigenvalue weighted by Gasteiger charge is 2.19. The lowest BCUT2D eigenvalue weighted by molar-refractivity contribution is 0.590. The number of fused-ring (bicyclic) bond motifs is 1. The van der Waals surface area contributed by atoms with Crippen molar-refractivity contribution in [2.45, 2.75) is 26.2 Å². The normalized spacial score (nSPS) is 11.8. The van der Waals surface area contributed by atoms with Crippen LogP contribution in [0.2, 0.25) is 0 Å². The highest BCUT2D eigenvalue weighted by molar-refractivity contribution is 5.84. The lowest BCUT2D eigenvalue weighted by atomic mass is 9.87. The van der Waals surface area contributed by atoms with Crippen LogP contribution in [0.3, 0.4) is 0 Å². The number of anilines is 2. The number of pyridine rings is 2. The Bertz CT molecular complexity index is 1120. The Morgan fingerprint density at radius 3 is 2.37 bits per heavy atom. The average molecular weight is 358 g/mol. The number of benzene rings is 1. The van der Waals surface area contributed by atoms with Gasteiger partial charge in [-0.3, -0.25) is 4.57 Å². The van der Waals surface area contributed by atoms with Gasteiger partial charge in [0.1, 0.15) is 11.3 Å². The largest absolute Gasteiger partial charge is 0.397 e. The zero-order valence-corrected chi connectivity index (χ0v) is 15.6. The summed E-state index contributed by atoms with van der Waals surface area (Å²) in [6, 6.07) is 14.0. The van der Waals surface area contributed by atoms with Crippen LogP contribution in [0, 0.1) is 0 Å². The van der Waals surface area contributed by atoms with E-state index in [1.54, 1.807) is 12.4 Å². The highest BCUT2D eigenvalue weighted by atomic mass is 15.1. The number of nitrogens with two attached hydrogens (primary N) is 2. The van der Waals surface area contributed by atoms with E-state index in [1.807, 2.05) is 22.8 Å². The molecule has 0 saturated heterocycles. The Labute approximate surface area is 157 Å². The molecule has 6 nitrogen and oxygen atoms in total. The molecule has 0 unspecified atom stereocenters. The van der Waals surface area contributed by atoms with Gasteiger partial charge in [-0.15, -0.1) is 0 Å². The summed E-state index contributed by atoms with van der Waals surface area (Å²) in [5.74, 6) is 1.12. The Morgan fingerprint density at radius 2 is 1.70 bits per heavy atom. The number of nitrogen functional groups attached to an aromatic ring is 2. The van der Waals surface area contributed by atoms with E-state index >= 15 is 0 Å². The van der Waals surface area contributed by atoms with E-state index in [0.29, 0.717) is 22.8 Å². The molecule has 27 heavy (non-hydrogen) atoms. The van der Waals surface area contributed by atoms with Gasteiger partial charge in [-0.1, -0.05) is 32.9 Å². The number of aromatic nitrogens is 4. The van der Waals surface area contributed by atoms with Gasteiger partial charge in [-0.05, 0) is 41.3 Å². The summed E-state index contributed by atoms with van der Waals surface area (Å²) in [4.78, 5) is 13.5. The third kappa shape index (κ3) is 2.99. The van der Waals surface area contributed by atoms with Crippen molar-refractivity contribution in [2.24, 2.45) is 0 Å². The molecular weight excluding hydrogens is 336 g/mol. The van der Waals surface area contributed by atoms with E-state index < -0.39 is 0 Å². The van der Waals surface area contributed by atoms with Crippen LogP contribution in [0.4, 0.5) is 11.5 Å². The van der Waals surface area contributed by atoms with Crippen LogP contribution in [0.25, 0.3) is 28.2 Å². The summed E-state index contributed by atoms with van der Waals surface area (Å²) >= 11 is 0. The predicted molar refractivity (Wildman–Crippen MR) is 110 cm³/mol. The molecule has 4 rings (SSSR count). The molecule has 3 heterocycles. The van der Waals surface area contributed by atoms with Gasteiger partial charge in [-0.2, -0.15) is 0 Å². The fourth-order valence-corrected chi connectivity index (χ4v) is 3.12. The van der Waals surface area contributed by atoms with Crippen LogP contribution in [-0.4, -0.2) is 19.5 Å². The molecule has 136 valence electrons. The lowest BCUT2D eigenvalue weighted by Crippen LogP contribution is -2.11. The molecule has 0 aliphatic rings. The maximum absolute atomic E-state index is 6.12. The van der Waals surface area contributed by atoms with Crippen molar-refractivity contribution in [1.82, 2.24) is 19.5 Å². The van der Waals surface area contributed by atoms with Crippen molar-refractivity contribution < 1.29 is 0 Å². The molecule has 0 saturated carbocycles. The summed E-state index contributed by atoms with van der Waals surface area (Å²) in [6.45, 7) is 6.59. The molecule has 0 spiro atoms. The van der Waals surface area contributed by atoms with E-state index in [1.165, 1.54) is 5.56 Å².